The van der Waals surface area contributed by atoms with Gasteiger partial charge in [0.15, 0.2) is 0 Å². The molecule has 4 nitrogen and oxygen atoms in total. The van der Waals surface area contributed by atoms with E-state index < -0.39 is 0 Å². The van der Waals surface area contributed by atoms with E-state index in [1.54, 1.807) is 0 Å². The van der Waals surface area contributed by atoms with Gasteiger partial charge in [0.2, 0.25) is 0 Å². The second-order valence-electron chi connectivity index (χ2n) is 2.22. The predicted octanol–water partition coefficient (Wildman–Crippen LogP) is -0.512. The number of rotatable bonds is 6. The number of nitrogens with one attached hydrogen (secondary N) is 1. The van der Waals surface area contributed by atoms with Gasteiger partial charge in [-0.25, -0.2) is 0 Å². The third-order valence-electron chi connectivity index (χ3n) is 1.28. The van der Waals surface area contributed by atoms with Gasteiger partial charge >= 0.3 is 5.97 Å². The summed E-state index contributed by atoms with van der Waals surface area (Å²) in [7, 11) is 1.40. The molecule has 0 bridgehead atoms. The predicted molar refractivity (Wildman–Crippen MR) is 43.2 cm³/mol. The van der Waals surface area contributed by atoms with Gasteiger partial charge in [-0.15, -0.1) is 0 Å². The fourth-order valence-electron chi connectivity index (χ4n) is 0.687. The quantitative estimate of drug-likeness (QED) is 0.405. The molecular weight excluding hydrogens is 144 g/mol. The fraction of sp³-hybridized carbons (Fsp3) is 0.857. The Kier molecular flexibility index (Phi) is 7.08. The van der Waals surface area contributed by atoms with Crippen molar-refractivity contribution in [1.82, 2.24) is 5.32 Å². The summed E-state index contributed by atoms with van der Waals surface area (Å²) in [4.78, 5) is 10.6. The summed E-state index contributed by atoms with van der Waals surface area (Å²) < 4.78 is 4.47. The third-order valence-corrected chi connectivity index (χ3v) is 1.28. The van der Waals surface area contributed by atoms with Gasteiger partial charge in [0.05, 0.1) is 7.11 Å². The average molecular weight is 160 g/mol. The van der Waals surface area contributed by atoms with Gasteiger partial charge in [0.1, 0.15) is 0 Å². The lowest BCUT2D eigenvalue weighted by atomic mass is 10.3. The van der Waals surface area contributed by atoms with E-state index in [-0.39, 0.29) is 5.97 Å². The van der Waals surface area contributed by atoms with E-state index in [9.17, 15) is 4.79 Å². The van der Waals surface area contributed by atoms with Crippen LogP contribution in [0, 0.1) is 0 Å². The highest BCUT2D eigenvalue weighted by molar-refractivity contribution is 5.68. The van der Waals surface area contributed by atoms with Crippen molar-refractivity contribution in [3.8, 4) is 0 Å². The summed E-state index contributed by atoms with van der Waals surface area (Å²) in [5, 5.41) is 3.08. The molecule has 0 aromatic rings. The second-order valence-corrected chi connectivity index (χ2v) is 2.22. The Bertz CT molecular complexity index is 107. The van der Waals surface area contributed by atoms with Crippen LogP contribution in [0.5, 0.6) is 0 Å². The summed E-state index contributed by atoms with van der Waals surface area (Å²) in [6.45, 7) is 2.27. The minimum Gasteiger partial charge on any atom is -0.469 e. The number of ether oxygens (including phenoxy) is 1. The number of hydrogen-bond acceptors (Lipinski definition) is 4. The van der Waals surface area contributed by atoms with Crippen LogP contribution in [0.2, 0.25) is 0 Å². The molecular formula is C7H16N2O2. The van der Waals surface area contributed by atoms with Crippen LogP contribution < -0.4 is 11.1 Å². The summed E-state index contributed by atoms with van der Waals surface area (Å²) in [6, 6.07) is 0. The summed E-state index contributed by atoms with van der Waals surface area (Å²) in [5.74, 6) is -0.153. The molecule has 66 valence electrons. The average Bonchev–Trinajstić information content (AvgIpc) is 2.04. The third kappa shape index (κ3) is 7.29. The molecule has 0 saturated carbocycles. The van der Waals surface area contributed by atoms with Gasteiger partial charge in [-0.05, 0) is 13.0 Å². The highest BCUT2D eigenvalue weighted by atomic mass is 16.5. The normalized spacial score (nSPS) is 9.64. The van der Waals surface area contributed by atoms with E-state index in [1.807, 2.05) is 0 Å². The van der Waals surface area contributed by atoms with E-state index >= 15 is 0 Å². The lowest BCUT2D eigenvalue weighted by Gasteiger charge is -2.00. The number of hydrogen-bond donors (Lipinski definition) is 2. The molecule has 3 N–H and O–H groups in total. The lowest BCUT2D eigenvalue weighted by Crippen LogP contribution is -2.23. The minimum absolute atomic E-state index is 0.153. The molecule has 0 unspecified atom stereocenters. The Balaban J connectivity index is 2.95. The summed E-state index contributed by atoms with van der Waals surface area (Å²) in [5.41, 5.74) is 5.24. The van der Waals surface area contributed by atoms with E-state index in [4.69, 9.17) is 5.73 Å². The standard InChI is InChI=1S/C7H16N2O2/c1-11-7(10)3-2-5-9-6-4-8/h9H,2-6,8H2,1H3. The van der Waals surface area contributed by atoms with Crippen LogP contribution in [0.1, 0.15) is 12.8 Å². The van der Waals surface area contributed by atoms with Gasteiger partial charge in [-0.3, -0.25) is 4.79 Å². The van der Waals surface area contributed by atoms with Gasteiger partial charge < -0.3 is 15.8 Å². The van der Waals surface area contributed by atoms with Crippen molar-refractivity contribution >= 4 is 5.97 Å². The Morgan fingerprint density at radius 2 is 2.27 bits per heavy atom. The first-order valence-electron chi connectivity index (χ1n) is 3.79. The van der Waals surface area contributed by atoms with Gasteiger partial charge in [-0.2, -0.15) is 0 Å². The molecule has 0 spiro atoms. The van der Waals surface area contributed by atoms with Crippen molar-refractivity contribution in [2.24, 2.45) is 5.73 Å². The van der Waals surface area contributed by atoms with Crippen LogP contribution >= 0.6 is 0 Å². The van der Waals surface area contributed by atoms with E-state index in [1.165, 1.54) is 7.11 Å². The van der Waals surface area contributed by atoms with Crippen molar-refractivity contribution in [3.05, 3.63) is 0 Å². The fourth-order valence-corrected chi connectivity index (χ4v) is 0.687. The van der Waals surface area contributed by atoms with E-state index in [0.717, 1.165) is 19.5 Å². The van der Waals surface area contributed by atoms with Crippen LogP contribution in [-0.2, 0) is 9.53 Å². The maximum absolute atomic E-state index is 10.6. The molecule has 0 aliphatic rings. The first-order valence-corrected chi connectivity index (χ1v) is 3.79. The number of esters is 1. The first-order chi connectivity index (χ1) is 5.31. The number of methoxy groups -OCH3 is 1. The van der Waals surface area contributed by atoms with Crippen LogP contribution in [-0.4, -0.2) is 32.7 Å². The van der Waals surface area contributed by atoms with Crippen molar-refractivity contribution in [2.45, 2.75) is 12.8 Å². The maximum atomic E-state index is 10.6. The zero-order valence-electron chi connectivity index (χ0n) is 6.93. The molecule has 0 heterocycles. The molecule has 0 aliphatic heterocycles. The molecule has 0 atom stereocenters. The van der Waals surface area contributed by atoms with Crippen molar-refractivity contribution < 1.29 is 9.53 Å². The SMILES string of the molecule is COC(=O)CCCNCCN. The number of carbonyl (C=O) groups is 1. The molecule has 0 radical (unpaired) electrons. The van der Waals surface area contributed by atoms with Gasteiger partial charge in [0, 0.05) is 19.5 Å². The van der Waals surface area contributed by atoms with Crippen LogP contribution in [0.15, 0.2) is 0 Å². The van der Waals surface area contributed by atoms with Crippen molar-refractivity contribution in [2.75, 3.05) is 26.7 Å². The van der Waals surface area contributed by atoms with Gasteiger partial charge in [-0.1, -0.05) is 0 Å². The zero-order chi connectivity index (χ0) is 8.53. The molecule has 0 saturated heterocycles. The van der Waals surface area contributed by atoms with Gasteiger partial charge in [0.25, 0.3) is 0 Å². The summed E-state index contributed by atoms with van der Waals surface area (Å²) in [6.07, 6.45) is 1.29. The van der Waals surface area contributed by atoms with E-state index in [2.05, 4.69) is 10.1 Å². The smallest absolute Gasteiger partial charge is 0.305 e. The Morgan fingerprint density at radius 1 is 1.55 bits per heavy atom. The Hall–Kier alpha value is -0.610. The maximum Gasteiger partial charge on any atom is 0.305 e. The Morgan fingerprint density at radius 3 is 2.82 bits per heavy atom. The molecule has 0 rings (SSSR count). The van der Waals surface area contributed by atoms with E-state index in [0.29, 0.717) is 13.0 Å². The van der Waals surface area contributed by atoms with Crippen LogP contribution in [0.4, 0.5) is 0 Å². The topological polar surface area (TPSA) is 64.3 Å². The molecule has 0 amide bonds. The molecule has 0 fully saturated rings. The minimum atomic E-state index is -0.153. The molecule has 4 heteroatoms. The van der Waals surface area contributed by atoms with Crippen molar-refractivity contribution in [1.29, 1.82) is 0 Å². The molecule has 0 aromatic heterocycles. The first kappa shape index (κ1) is 10.4. The van der Waals surface area contributed by atoms with Crippen LogP contribution in [0.25, 0.3) is 0 Å². The highest BCUT2D eigenvalue weighted by Gasteiger charge is 1.97. The lowest BCUT2D eigenvalue weighted by molar-refractivity contribution is -0.140. The highest BCUT2D eigenvalue weighted by Crippen LogP contribution is 1.88. The largest absolute Gasteiger partial charge is 0.469 e. The zero-order valence-corrected chi connectivity index (χ0v) is 6.93. The molecule has 0 aliphatic carbocycles. The number of nitrogens with two attached hydrogens (primary N) is 1. The van der Waals surface area contributed by atoms with Crippen LogP contribution in [0.3, 0.4) is 0 Å². The Labute approximate surface area is 67.1 Å². The number of carbonyl (C=O) groups excluding carboxylic acids is 1. The second kappa shape index (κ2) is 7.50. The molecule has 0 aromatic carbocycles. The summed E-state index contributed by atoms with van der Waals surface area (Å²) >= 11 is 0. The molecule has 11 heavy (non-hydrogen) atoms. The van der Waals surface area contributed by atoms with Crippen molar-refractivity contribution in [3.63, 3.8) is 0 Å². The monoisotopic (exact) mass is 160 g/mol.